The van der Waals surface area contributed by atoms with Gasteiger partial charge in [0.05, 0.1) is 6.04 Å². The Bertz CT molecular complexity index is 129. The van der Waals surface area contributed by atoms with Crippen molar-refractivity contribution >= 4 is 17.7 Å². The minimum absolute atomic E-state index is 0.216. The van der Waals surface area contributed by atoms with E-state index in [1.54, 1.807) is 6.08 Å². The average Bonchev–Trinajstić information content (AvgIpc) is 2.21. The molecule has 1 atom stereocenters. The third kappa shape index (κ3) is 22.6. The minimum atomic E-state index is -0.358. The van der Waals surface area contributed by atoms with E-state index >= 15 is 0 Å². The van der Waals surface area contributed by atoms with Crippen molar-refractivity contribution < 1.29 is 4.79 Å². The van der Waals surface area contributed by atoms with Gasteiger partial charge in [-0.15, -0.1) is 19.2 Å². The first-order valence-corrected chi connectivity index (χ1v) is 5.34. The summed E-state index contributed by atoms with van der Waals surface area (Å²) in [4.78, 5) is 10.3. The molecule has 0 aliphatic carbocycles. The van der Waals surface area contributed by atoms with Crippen LogP contribution in [0.4, 0.5) is 0 Å². The zero-order valence-corrected chi connectivity index (χ0v) is 10.4. The highest BCUT2D eigenvalue weighted by atomic mass is 32.1. The molecular formula is C10H24N2OS. The lowest BCUT2D eigenvalue weighted by atomic mass is 10.2. The number of thiol groups is 1. The number of rotatable bonds is 4. The van der Waals surface area contributed by atoms with Crippen LogP contribution in [-0.2, 0) is 4.79 Å². The van der Waals surface area contributed by atoms with Crippen LogP contribution in [0.3, 0.4) is 0 Å². The molecule has 0 aliphatic heterocycles. The lowest BCUT2D eigenvalue weighted by Gasteiger charge is -2.01. The second kappa shape index (κ2) is 18.5. The zero-order valence-electron chi connectivity index (χ0n) is 9.49. The van der Waals surface area contributed by atoms with E-state index < -0.39 is 0 Å². The van der Waals surface area contributed by atoms with Gasteiger partial charge in [-0.1, -0.05) is 33.3 Å². The molecule has 4 heteroatoms. The second-order valence-corrected chi connectivity index (χ2v) is 2.70. The summed E-state index contributed by atoms with van der Waals surface area (Å²) in [6.45, 7) is 9.92. The molecule has 0 radical (unpaired) electrons. The molecule has 0 aliphatic rings. The van der Waals surface area contributed by atoms with Gasteiger partial charge in [-0.25, -0.2) is 0 Å². The van der Waals surface area contributed by atoms with Gasteiger partial charge in [0.1, 0.15) is 0 Å². The molecule has 14 heavy (non-hydrogen) atoms. The van der Waals surface area contributed by atoms with Crippen LogP contribution in [0.1, 0.15) is 33.6 Å². The smallest absolute Gasteiger partial charge is 0.202 e. The van der Waals surface area contributed by atoms with E-state index in [2.05, 4.69) is 19.2 Å². The van der Waals surface area contributed by atoms with E-state index in [0.29, 0.717) is 6.54 Å². The molecule has 4 N–H and O–H groups in total. The molecule has 86 valence electrons. The molecule has 0 aromatic heterocycles. The maximum absolute atomic E-state index is 10.3. The molecule has 1 unspecified atom stereocenters. The molecule has 0 amide bonds. The first kappa shape index (κ1) is 19.3. The van der Waals surface area contributed by atoms with Gasteiger partial charge in [0, 0.05) is 6.54 Å². The summed E-state index contributed by atoms with van der Waals surface area (Å²) in [6, 6.07) is -0.358. The Kier molecular flexibility index (Phi) is 25.4. The van der Waals surface area contributed by atoms with E-state index in [4.69, 9.17) is 11.5 Å². The molecule has 0 bridgehead atoms. The number of carbonyl (C=O) groups is 1. The van der Waals surface area contributed by atoms with Gasteiger partial charge in [-0.3, -0.25) is 4.79 Å². The van der Waals surface area contributed by atoms with Crippen molar-refractivity contribution in [2.45, 2.75) is 39.7 Å². The zero-order chi connectivity index (χ0) is 12.0. The normalized spacial score (nSPS) is 9.86. The van der Waals surface area contributed by atoms with Crippen molar-refractivity contribution in [1.82, 2.24) is 0 Å². The van der Waals surface area contributed by atoms with Crippen LogP contribution in [0.5, 0.6) is 0 Å². The number of nitrogens with two attached hydrogens (primary N) is 2. The van der Waals surface area contributed by atoms with Gasteiger partial charge >= 0.3 is 0 Å². The summed E-state index contributed by atoms with van der Waals surface area (Å²) in [5.41, 5.74) is 10.2. The monoisotopic (exact) mass is 220 g/mol. The average molecular weight is 220 g/mol. The second-order valence-electron chi connectivity index (χ2n) is 2.26. The Morgan fingerprint density at radius 1 is 1.57 bits per heavy atom. The maximum Gasteiger partial charge on any atom is 0.202 e. The highest BCUT2D eigenvalue weighted by molar-refractivity contribution is 7.96. The predicted octanol–water partition coefficient (Wildman–Crippen LogP) is 1.73. The van der Waals surface area contributed by atoms with Gasteiger partial charge in [0.2, 0.25) is 5.12 Å². The Balaban J connectivity index is -0.000000170. The molecule has 0 aromatic carbocycles. The lowest BCUT2D eigenvalue weighted by molar-refractivity contribution is -0.112. The summed E-state index contributed by atoms with van der Waals surface area (Å²) in [5.74, 6) is 0. The number of carbonyl (C=O) groups excluding carboxylic acids is 1. The van der Waals surface area contributed by atoms with Crippen molar-refractivity contribution in [3.05, 3.63) is 12.7 Å². The van der Waals surface area contributed by atoms with Crippen LogP contribution in [0.15, 0.2) is 12.7 Å². The SMILES string of the molecule is C=CCN.CC.CCCC(N)C(=O)S. The molecule has 0 heterocycles. The highest BCUT2D eigenvalue weighted by Gasteiger charge is 2.05. The summed E-state index contributed by atoms with van der Waals surface area (Å²) < 4.78 is 0. The van der Waals surface area contributed by atoms with Gasteiger partial charge in [-0.05, 0) is 6.42 Å². The largest absolute Gasteiger partial charge is 0.327 e. The third-order valence-corrected chi connectivity index (χ3v) is 1.42. The fourth-order valence-electron chi connectivity index (χ4n) is 0.434. The standard InChI is InChI=1S/C5H11NOS.C3H7N.C2H6/c1-2-3-4(6)5(7)8;1-2-3-4;1-2/h4H,2-3,6H2,1H3,(H,7,8);2H,1,3-4H2;1-2H3. The first-order chi connectivity index (χ1) is 6.59. The van der Waals surface area contributed by atoms with E-state index in [1.165, 1.54) is 0 Å². The van der Waals surface area contributed by atoms with Gasteiger partial charge in [0.25, 0.3) is 0 Å². The van der Waals surface area contributed by atoms with E-state index in [9.17, 15) is 4.79 Å². The quantitative estimate of drug-likeness (QED) is 0.499. The Morgan fingerprint density at radius 3 is 2.00 bits per heavy atom. The Morgan fingerprint density at radius 2 is 1.93 bits per heavy atom. The summed E-state index contributed by atoms with van der Waals surface area (Å²) >= 11 is 3.56. The Hall–Kier alpha value is -0.320. The topological polar surface area (TPSA) is 69.1 Å². The van der Waals surface area contributed by atoms with Crippen LogP contribution >= 0.6 is 12.6 Å². The minimum Gasteiger partial charge on any atom is -0.327 e. The van der Waals surface area contributed by atoms with Gasteiger partial charge in [0.15, 0.2) is 0 Å². The Labute approximate surface area is 93.3 Å². The molecule has 0 aromatic rings. The van der Waals surface area contributed by atoms with Crippen LogP contribution < -0.4 is 11.5 Å². The van der Waals surface area contributed by atoms with E-state index in [-0.39, 0.29) is 11.2 Å². The molecule has 3 nitrogen and oxygen atoms in total. The molecule has 0 saturated carbocycles. The molecule has 0 rings (SSSR count). The molecule has 0 saturated heterocycles. The van der Waals surface area contributed by atoms with E-state index in [0.717, 1.165) is 12.8 Å². The third-order valence-electron chi connectivity index (χ3n) is 1.08. The van der Waals surface area contributed by atoms with Crippen molar-refractivity contribution in [2.75, 3.05) is 6.54 Å². The number of hydrogen-bond donors (Lipinski definition) is 3. The fraction of sp³-hybridized carbons (Fsp3) is 0.700. The van der Waals surface area contributed by atoms with Crippen LogP contribution in [0, 0.1) is 0 Å². The van der Waals surface area contributed by atoms with Crippen LogP contribution in [0.2, 0.25) is 0 Å². The van der Waals surface area contributed by atoms with Crippen molar-refractivity contribution in [1.29, 1.82) is 0 Å². The summed E-state index contributed by atoms with van der Waals surface area (Å²) in [6.07, 6.45) is 3.33. The van der Waals surface area contributed by atoms with Crippen molar-refractivity contribution in [2.24, 2.45) is 11.5 Å². The van der Waals surface area contributed by atoms with Crippen LogP contribution in [0.25, 0.3) is 0 Å². The molecule has 0 fully saturated rings. The summed E-state index contributed by atoms with van der Waals surface area (Å²) in [5, 5.41) is -0.216. The van der Waals surface area contributed by atoms with Crippen molar-refractivity contribution in [3.8, 4) is 0 Å². The highest BCUT2D eigenvalue weighted by Crippen LogP contribution is 1.95. The van der Waals surface area contributed by atoms with Crippen molar-refractivity contribution in [3.63, 3.8) is 0 Å². The maximum atomic E-state index is 10.3. The first-order valence-electron chi connectivity index (χ1n) is 4.89. The molecular weight excluding hydrogens is 196 g/mol. The van der Waals surface area contributed by atoms with Gasteiger partial charge < -0.3 is 11.5 Å². The van der Waals surface area contributed by atoms with Gasteiger partial charge in [-0.2, -0.15) is 0 Å². The number of hydrogen-bond acceptors (Lipinski definition) is 3. The summed E-state index contributed by atoms with van der Waals surface area (Å²) in [7, 11) is 0. The fourth-order valence-corrected chi connectivity index (χ4v) is 0.564. The lowest BCUT2D eigenvalue weighted by Crippen LogP contribution is -2.26. The van der Waals surface area contributed by atoms with Crippen LogP contribution in [-0.4, -0.2) is 17.7 Å². The van der Waals surface area contributed by atoms with E-state index in [1.807, 2.05) is 20.8 Å². The molecule has 0 spiro atoms. The predicted molar refractivity (Wildman–Crippen MR) is 67.5 cm³/mol.